The van der Waals surface area contributed by atoms with Gasteiger partial charge in [-0.2, -0.15) is 0 Å². The first kappa shape index (κ1) is 21.8. The number of nitrogens with one attached hydrogen (secondary N) is 3. The molecule has 2 heterocycles. The van der Waals surface area contributed by atoms with Crippen molar-refractivity contribution in [3.8, 4) is 11.3 Å². The summed E-state index contributed by atoms with van der Waals surface area (Å²) in [6, 6.07) is 13.4. The Balaban J connectivity index is 1.62. The first-order valence-electron chi connectivity index (χ1n) is 11.0. The number of fused-ring (bicyclic) bond motifs is 1. The number of ketones is 1. The van der Waals surface area contributed by atoms with Crippen molar-refractivity contribution in [2.45, 2.75) is 33.1 Å². The highest BCUT2D eigenvalue weighted by Gasteiger charge is 2.27. The van der Waals surface area contributed by atoms with E-state index in [0.29, 0.717) is 24.8 Å². The Kier molecular flexibility index (Phi) is 6.66. The molecule has 0 bridgehead atoms. The van der Waals surface area contributed by atoms with Crippen LogP contribution in [0.25, 0.3) is 11.3 Å². The van der Waals surface area contributed by atoms with Gasteiger partial charge in [0, 0.05) is 36.2 Å². The molecule has 0 spiro atoms. The number of ether oxygens (including phenoxy) is 1. The smallest absolute Gasteiger partial charge is 0.251 e. The zero-order valence-electron chi connectivity index (χ0n) is 18.4. The fraction of sp³-hybridized carbons (Fsp3) is 0.320. The van der Waals surface area contributed by atoms with Gasteiger partial charge in [-0.05, 0) is 43.0 Å². The van der Waals surface area contributed by atoms with Crippen molar-refractivity contribution < 1.29 is 14.3 Å². The molecule has 3 N–H and O–H groups in total. The summed E-state index contributed by atoms with van der Waals surface area (Å²) in [5.74, 6) is 0.683. The lowest BCUT2D eigenvalue weighted by molar-refractivity contribution is -0.120. The van der Waals surface area contributed by atoms with E-state index in [9.17, 15) is 9.59 Å². The van der Waals surface area contributed by atoms with Gasteiger partial charge in [0.05, 0.1) is 16.9 Å². The number of anilines is 3. The lowest BCUT2D eigenvalue weighted by atomic mass is 9.95. The molecule has 0 saturated carbocycles. The maximum Gasteiger partial charge on any atom is 0.251 e. The minimum atomic E-state index is -0.251. The largest absolute Gasteiger partial charge is 0.371 e. The Labute approximate surface area is 187 Å². The zero-order valence-corrected chi connectivity index (χ0v) is 18.4. The number of carbonyl (C=O) groups is 2. The molecular weight excluding hydrogens is 404 g/mol. The van der Waals surface area contributed by atoms with E-state index in [-0.39, 0.29) is 18.3 Å². The highest BCUT2D eigenvalue weighted by molar-refractivity contribution is 6.07. The fourth-order valence-corrected chi connectivity index (χ4v) is 3.83. The van der Waals surface area contributed by atoms with E-state index in [4.69, 9.17) is 4.74 Å². The molecule has 1 aliphatic carbocycles. The Bertz CT molecular complexity index is 1110. The van der Waals surface area contributed by atoms with Crippen LogP contribution in [0.1, 0.15) is 42.7 Å². The minimum Gasteiger partial charge on any atom is -0.371 e. The third kappa shape index (κ3) is 5.06. The maximum atomic E-state index is 12.8. The minimum absolute atomic E-state index is 0.0177. The SMILES string of the molecule is CC(C)COCC(=O)Nc1cc(-c2[nH]c3c(c2Nc2ccccc2)C(=O)CCC3)ccn1. The van der Waals surface area contributed by atoms with Crippen LogP contribution < -0.4 is 10.6 Å². The molecule has 4 rings (SSSR count). The van der Waals surface area contributed by atoms with Crippen LogP contribution in [0, 0.1) is 5.92 Å². The van der Waals surface area contributed by atoms with Crippen LogP contribution in [0.15, 0.2) is 48.7 Å². The standard InChI is InChI=1S/C25H28N4O3/c1-16(2)14-32-15-22(31)29-21-13-17(11-12-26-21)24-25(27-18-7-4-3-5-8-18)23-19(28-24)9-6-10-20(23)30/h3-5,7-8,11-13,16,27-28H,6,9-10,14-15H2,1-2H3,(H,26,29,31). The Morgan fingerprint density at radius 2 is 2.00 bits per heavy atom. The maximum absolute atomic E-state index is 12.8. The predicted octanol–water partition coefficient (Wildman–Crippen LogP) is 4.95. The van der Waals surface area contributed by atoms with Crippen molar-refractivity contribution in [3.63, 3.8) is 0 Å². The first-order valence-corrected chi connectivity index (χ1v) is 11.0. The normalized spacial score (nSPS) is 13.2. The Morgan fingerprint density at radius 3 is 2.78 bits per heavy atom. The van der Waals surface area contributed by atoms with Crippen molar-refractivity contribution in [1.82, 2.24) is 9.97 Å². The van der Waals surface area contributed by atoms with Crippen molar-refractivity contribution in [2.24, 2.45) is 5.92 Å². The predicted molar refractivity (Wildman–Crippen MR) is 125 cm³/mol. The number of amides is 1. The van der Waals surface area contributed by atoms with Crippen LogP contribution in [-0.4, -0.2) is 34.9 Å². The summed E-state index contributed by atoms with van der Waals surface area (Å²) in [7, 11) is 0. The van der Waals surface area contributed by atoms with Crippen molar-refractivity contribution in [1.29, 1.82) is 0 Å². The van der Waals surface area contributed by atoms with Gasteiger partial charge in [-0.15, -0.1) is 0 Å². The van der Waals surface area contributed by atoms with E-state index in [2.05, 4.69) is 20.6 Å². The van der Waals surface area contributed by atoms with Crippen LogP contribution in [-0.2, 0) is 16.0 Å². The van der Waals surface area contributed by atoms with E-state index < -0.39 is 0 Å². The van der Waals surface area contributed by atoms with Gasteiger partial charge in [0.2, 0.25) is 0 Å². The molecule has 166 valence electrons. The Morgan fingerprint density at radius 1 is 1.19 bits per heavy atom. The van der Waals surface area contributed by atoms with Gasteiger partial charge in [-0.3, -0.25) is 9.59 Å². The number of hydrogen-bond donors (Lipinski definition) is 3. The molecule has 7 nitrogen and oxygen atoms in total. The fourth-order valence-electron chi connectivity index (χ4n) is 3.83. The molecule has 0 radical (unpaired) electrons. The third-order valence-electron chi connectivity index (χ3n) is 5.23. The van der Waals surface area contributed by atoms with Gasteiger partial charge in [0.1, 0.15) is 12.4 Å². The molecule has 0 saturated heterocycles. The summed E-state index contributed by atoms with van der Waals surface area (Å²) in [6.07, 6.45) is 3.85. The molecule has 1 aliphatic rings. The number of aromatic nitrogens is 2. The number of aromatic amines is 1. The first-order chi connectivity index (χ1) is 15.5. The number of hydrogen-bond acceptors (Lipinski definition) is 5. The van der Waals surface area contributed by atoms with Crippen LogP contribution in [0.3, 0.4) is 0 Å². The molecule has 0 aliphatic heterocycles. The van der Waals surface area contributed by atoms with Gasteiger partial charge < -0.3 is 20.4 Å². The topological polar surface area (TPSA) is 96.1 Å². The number of benzene rings is 1. The molecule has 1 amide bonds. The highest BCUT2D eigenvalue weighted by atomic mass is 16.5. The van der Waals surface area contributed by atoms with E-state index >= 15 is 0 Å². The van der Waals surface area contributed by atoms with Crippen molar-refractivity contribution in [3.05, 3.63) is 59.9 Å². The summed E-state index contributed by atoms with van der Waals surface area (Å²) in [4.78, 5) is 32.7. The Hall–Kier alpha value is -3.45. The molecule has 0 atom stereocenters. The van der Waals surface area contributed by atoms with Crippen LogP contribution in [0.4, 0.5) is 17.2 Å². The van der Waals surface area contributed by atoms with Crippen LogP contribution in [0.2, 0.25) is 0 Å². The van der Waals surface area contributed by atoms with E-state index in [0.717, 1.165) is 46.7 Å². The summed E-state index contributed by atoms with van der Waals surface area (Å²) in [5, 5.41) is 6.22. The van der Waals surface area contributed by atoms with Gasteiger partial charge >= 0.3 is 0 Å². The van der Waals surface area contributed by atoms with Crippen molar-refractivity contribution >= 4 is 28.9 Å². The lowest BCUT2D eigenvalue weighted by Gasteiger charge is -2.14. The molecular formula is C25H28N4O3. The lowest BCUT2D eigenvalue weighted by Crippen LogP contribution is -2.20. The number of Topliss-reactive ketones (excluding diaryl/α,β-unsaturated/α-hetero) is 1. The molecule has 7 heteroatoms. The number of aryl methyl sites for hydroxylation is 1. The summed E-state index contributed by atoms with van der Waals surface area (Å²) < 4.78 is 5.40. The van der Waals surface area contributed by atoms with Gasteiger partial charge in [0.15, 0.2) is 5.78 Å². The number of carbonyl (C=O) groups excluding carboxylic acids is 2. The molecule has 0 fully saturated rings. The summed E-state index contributed by atoms with van der Waals surface area (Å²) >= 11 is 0. The molecule has 32 heavy (non-hydrogen) atoms. The average molecular weight is 433 g/mol. The summed E-state index contributed by atoms with van der Waals surface area (Å²) in [6.45, 7) is 4.57. The number of pyridine rings is 1. The quantitative estimate of drug-likeness (QED) is 0.468. The van der Waals surface area contributed by atoms with E-state index in [1.54, 1.807) is 12.3 Å². The molecule has 0 unspecified atom stereocenters. The van der Waals surface area contributed by atoms with Crippen LogP contribution in [0.5, 0.6) is 0 Å². The molecule has 2 aromatic heterocycles. The van der Waals surface area contributed by atoms with Gasteiger partial charge in [0.25, 0.3) is 5.91 Å². The van der Waals surface area contributed by atoms with E-state index in [1.165, 1.54) is 0 Å². The third-order valence-corrected chi connectivity index (χ3v) is 5.23. The van der Waals surface area contributed by atoms with Gasteiger partial charge in [-0.25, -0.2) is 4.98 Å². The highest BCUT2D eigenvalue weighted by Crippen LogP contribution is 2.39. The van der Waals surface area contributed by atoms with Crippen molar-refractivity contribution in [2.75, 3.05) is 23.8 Å². The molecule has 3 aromatic rings. The number of H-pyrrole nitrogens is 1. The number of nitrogens with zero attached hydrogens (tertiary/aromatic N) is 1. The number of rotatable bonds is 8. The second-order valence-corrected chi connectivity index (χ2v) is 8.38. The zero-order chi connectivity index (χ0) is 22.5. The van der Waals surface area contributed by atoms with Gasteiger partial charge in [-0.1, -0.05) is 32.0 Å². The second-order valence-electron chi connectivity index (χ2n) is 8.38. The van der Waals surface area contributed by atoms with E-state index in [1.807, 2.05) is 50.2 Å². The van der Waals surface area contributed by atoms with Crippen LogP contribution >= 0.6 is 0 Å². The number of para-hydroxylation sites is 1. The average Bonchev–Trinajstić information content (AvgIpc) is 3.14. The molecule has 1 aromatic carbocycles. The summed E-state index contributed by atoms with van der Waals surface area (Å²) in [5.41, 5.74) is 4.97. The monoisotopic (exact) mass is 432 g/mol. The second kappa shape index (κ2) is 9.78.